The Labute approximate surface area is 118 Å². The van der Waals surface area contributed by atoms with E-state index in [1.807, 2.05) is 24.3 Å². The van der Waals surface area contributed by atoms with Gasteiger partial charge in [-0.1, -0.05) is 18.2 Å². The molecular weight excluding hydrogens is 254 g/mol. The summed E-state index contributed by atoms with van der Waals surface area (Å²) in [4.78, 5) is 11.7. The minimum atomic E-state index is -0.0353. The molecule has 0 atom stereocenters. The molecule has 0 bridgehead atoms. The first-order valence-electron chi connectivity index (χ1n) is 6.47. The molecule has 0 saturated heterocycles. The van der Waals surface area contributed by atoms with E-state index in [4.69, 9.17) is 10.5 Å². The van der Waals surface area contributed by atoms with Crippen molar-refractivity contribution in [3.8, 4) is 0 Å². The first-order valence-corrected chi connectivity index (χ1v) is 6.47. The monoisotopic (exact) mass is 273 g/mol. The molecule has 106 valence electrons. The van der Waals surface area contributed by atoms with Crippen molar-refractivity contribution >= 4 is 11.4 Å². The molecule has 0 aliphatic rings. The topological polar surface area (TPSA) is 69.3 Å². The highest BCUT2D eigenvalue weighted by molar-refractivity contribution is 5.49. The lowest BCUT2D eigenvalue weighted by molar-refractivity contribution is 0.186. The van der Waals surface area contributed by atoms with Crippen LogP contribution in [0.1, 0.15) is 5.56 Å². The Hall–Kier alpha value is -2.27. The lowest BCUT2D eigenvalue weighted by Crippen LogP contribution is -2.21. The van der Waals surface area contributed by atoms with Crippen LogP contribution in [0, 0.1) is 0 Å². The second kappa shape index (κ2) is 6.77. The van der Waals surface area contributed by atoms with E-state index in [0.717, 1.165) is 16.9 Å². The number of nitrogens with two attached hydrogens (primary N) is 1. The molecule has 0 amide bonds. The number of pyridine rings is 1. The molecule has 3 N–H and O–H groups in total. The quantitative estimate of drug-likeness (QED) is 0.786. The predicted octanol–water partition coefficient (Wildman–Crippen LogP) is 1.69. The van der Waals surface area contributed by atoms with Gasteiger partial charge < -0.3 is 20.4 Å². The van der Waals surface area contributed by atoms with Crippen LogP contribution in [0.3, 0.4) is 0 Å². The third kappa shape index (κ3) is 3.61. The molecule has 1 aromatic carbocycles. The Morgan fingerprint density at radius 2 is 2.05 bits per heavy atom. The summed E-state index contributed by atoms with van der Waals surface area (Å²) in [6.07, 6.45) is 1.79. The number of benzene rings is 1. The summed E-state index contributed by atoms with van der Waals surface area (Å²) in [5.74, 6) is 0. The summed E-state index contributed by atoms with van der Waals surface area (Å²) in [6.45, 7) is 1.67. The second-order valence-electron chi connectivity index (χ2n) is 4.49. The van der Waals surface area contributed by atoms with E-state index in [1.165, 1.54) is 0 Å². The number of nitrogens with one attached hydrogen (secondary N) is 1. The number of aromatic nitrogens is 1. The molecule has 0 unspecified atom stereocenters. The molecule has 2 aromatic rings. The molecule has 0 radical (unpaired) electrons. The Bertz CT molecular complexity index is 623. The fourth-order valence-corrected chi connectivity index (χ4v) is 1.89. The van der Waals surface area contributed by atoms with Gasteiger partial charge in [-0.3, -0.25) is 4.79 Å². The van der Waals surface area contributed by atoms with Gasteiger partial charge in [0.05, 0.1) is 12.3 Å². The number of methoxy groups -OCH3 is 1. The van der Waals surface area contributed by atoms with Crippen LogP contribution in [0.4, 0.5) is 11.4 Å². The fraction of sp³-hybridized carbons (Fsp3) is 0.267. The standard InChI is InChI=1S/C15H19N3O2/c1-20-9-8-18-11-13(6-7-15(18)19)17-10-12-4-2-3-5-14(12)16/h2-7,11,17H,8-10,16H2,1H3. The van der Waals surface area contributed by atoms with Crippen molar-refractivity contribution in [2.75, 3.05) is 24.8 Å². The maximum atomic E-state index is 11.7. The number of rotatable bonds is 6. The van der Waals surface area contributed by atoms with Crippen LogP contribution in [0.2, 0.25) is 0 Å². The molecule has 5 heteroatoms. The van der Waals surface area contributed by atoms with E-state index in [9.17, 15) is 4.79 Å². The third-order valence-corrected chi connectivity index (χ3v) is 3.06. The first kappa shape index (κ1) is 14.1. The summed E-state index contributed by atoms with van der Waals surface area (Å²) >= 11 is 0. The summed E-state index contributed by atoms with van der Waals surface area (Å²) in [5.41, 5.74) is 8.52. The van der Waals surface area contributed by atoms with Crippen molar-refractivity contribution < 1.29 is 4.74 Å². The normalized spacial score (nSPS) is 10.4. The molecule has 20 heavy (non-hydrogen) atoms. The number of nitrogen functional groups attached to an aromatic ring is 1. The summed E-state index contributed by atoms with van der Waals surface area (Å²) < 4.78 is 6.61. The average Bonchev–Trinajstić information content (AvgIpc) is 2.46. The second-order valence-corrected chi connectivity index (χ2v) is 4.49. The molecule has 0 saturated carbocycles. The Balaban J connectivity index is 2.06. The van der Waals surface area contributed by atoms with Crippen LogP contribution in [0.15, 0.2) is 47.4 Å². The van der Waals surface area contributed by atoms with Crippen molar-refractivity contribution in [3.05, 3.63) is 58.5 Å². The number of nitrogens with zero attached hydrogens (tertiary/aromatic N) is 1. The van der Waals surface area contributed by atoms with E-state index in [-0.39, 0.29) is 5.56 Å². The molecule has 0 aliphatic heterocycles. The Morgan fingerprint density at radius 3 is 2.80 bits per heavy atom. The number of ether oxygens (including phenoxy) is 1. The average molecular weight is 273 g/mol. The maximum Gasteiger partial charge on any atom is 0.250 e. The highest BCUT2D eigenvalue weighted by atomic mass is 16.5. The van der Waals surface area contributed by atoms with Crippen LogP contribution in [0.5, 0.6) is 0 Å². The van der Waals surface area contributed by atoms with Gasteiger partial charge in [0.1, 0.15) is 0 Å². The van der Waals surface area contributed by atoms with Gasteiger partial charge in [-0.2, -0.15) is 0 Å². The van der Waals surface area contributed by atoms with E-state index in [2.05, 4.69) is 5.32 Å². The highest BCUT2D eigenvalue weighted by Gasteiger charge is 2.01. The molecule has 1 aromatic heterocycles. The van der Waals surface area contributed by atoms with Crippen LogP contribution < -0.4 is 16.6 Å². The number of hydrogen-bond donors (Lipinski definition) is 2. The van der Waals surface area contributed by atoms with Crippen molar-refractivity contribution in [3.63, 3.8) is 0 Å². The van der Waals surface area contributed by atoms with Gasteiger partial charge in [0, 0.05) is 38.1 Å². The SMILES string of the molecule is COCCn1cc(NCc2ccccc2N)ccc1=O. The molecule has 1 heterocycles. The van der Waals surface area contributed by atoms with Crippen LogP contribution in [-0.2, 0) is 17.8 Å². The largest absolute Gasteiger partial charge is 0.398 e. The number of para-hydroxylation sites is 1. The van der Waals surface area contributed by atoms with Crippen LogP contribution in [0.25, 0.3) is 0 Å². The van der Waals surface area contributed by atoms with Gasteiger partial charge in [-0.05, 0) is 17.7 Å². The smallest absolute Gasteiger partial charge is 0.250 e. The van der Waals surface area contributed by atoms with Gasteiger partial charge in [0.2, 0.25) is 0 Å². The Kier molecular flexibility index (Phi) is 4.79. The Morgan fingerprint density at radius 1 is 1.25 bits per heavy atom. The van der Waals surface area contributed by atoms with Gasteiger partial charge in [-0.15, -0.1) is 0 Å². The van der Waals surface area contributed by atoms with Gasteiger partial charge in [0.25, 0.3) is 5.56 Å². The van der Waals surface area contributed by atoms with E-state index >= 15 is 0 Å². The summed E-state index contributed by atoms with van der Waals surface area (Å²) in [6, 6.07) is 11.0. The van der Waals surface area contributed by atoms with Gasteiger partial charge >= 0.3 is 0 Å². The third-order valence-electron chi connectivity index (χ3n) is 3.06. The summed E-state index contributed by atoms with van der Waals surface area (Å²) in [7, 11) is 1.62. The van der Waals surface area contributed by atoms with E-state index < -0.39 is 0 Å². The first-order chi connectivity index (χ1) is 9.70. The summed E-state index contributed by atoms with van der Waals surface area (Å²) in [5, 5.41) is 3.27. The van der Waals surface area contributed by atoms with Gasteiger partial charge in [0.15, 0.2) is 0 Å². The molecule has 0 fully saturated rings. The predicted molar refractivity (Wildman–Crippen MR) is 80.8 cm³/mol. The lowest BCUT2D eigenvalue weighted by Gasteiger charge is -2.11. The van der Waals surface area contributed by atoms with E-state index in [1.54, 1.807) is 30.0 Å². The molecule has 5 nitrogen and oxygen atoms in total. The minimum Gasteiger partial charge on any atom is -0.398 e. The maximum absolute atomic E-state index is 11.7. The number of hydrogen-bond acceptors (Lipinski definition) is 4. The molecule has 0 aliphatic carbocycles. The van der Waals surface area contributed by atoms with Crippen molar-refractivity contribution in [1.82, 2.24) is 4.57 Å². The van der Waals surface area contributed by atoms with Crippen molar-refractivity contribution in [2.45, 2.75) is 13.1 Å². The van der Waals surface area contributed by atoms with Crippen LogP contribution >= 0.6 is 0 Å². The molecule has 0 spiro atoms. The lowest BCUT2D eigenvalue weighted by atomic mass is 10.2. The fourth-order valence-electron chi connectivity index (χ4n) is 1.89. The zero-order chi connectivity index (χ0) is 14.4. The zero-order valence-electron chi connectivity index (χ0n) is 11.5. The van der Waals surface area contributed by atoms with Crippen LogP contribution in [-0.4, -0.2) is 18.3 Å². The van der Waals surface area contributed by atoms with Crippen molar-refractivity contribution in [1.29, 1.82) is 0 Å². The van der Waals surface area contributed by atoms with Crippen molar-refractivity contribution in [2.24, 2.45) is 0 Å². The molecule has 2 rings (SSSR count). The number of anilines is 2. The zero-order valence-corrected chi connectivity index (χ0v) is 11.5. The van der Waals surface area contributed by atoms with Gasteiger partial charge in [-0.25, -0.2) is 0 Å². The molecular formula is C15H19N3O2. The highest BCUT2D eigenvalue weighted by Crippen LogP contribution is 2.13. The van der Waals surface area contributed by atoms with E-state index in [0.29, 0.717) is 19.7 Å². The minimum absolute atomic E-state index is 0.0353.